The summed E-state index contributed by atoms with van der Waals surface area (Å²) in [6.07, 6.45) is 7.52. The number of benzene rings is 1. The first kappa shape index (κ1) is 17.8. The summed E-state index contributed by atoms with van der Waals surface area (Å²) in [6.45, 7) is 0. The first-order valence-electron chi connectivity index (χ1n) is 8.95. The normalized spacial score (nSPS) is 18.8. The second-order valence-electron chi connectivity index (χ2n) is 6.58. The fourth-order valence-electron chi connectivity index (χ4n) is 3.07. The largest absolute Gasteiger partial charge is 0.364 e. The monoisotopic (exact) mass is 376 g/mol. The van der Waals surface area contributed by atoms with Crippen LogP contribution in [0.1, 0.15) is 23.3 Å². The molecule has 0 radical (unpaired) electrons. The van der Waals surface area contributed by atoms with E-state index in [9.17, 15) is 4.79 Å². The van der Waals surface area contributed by atoms with E-state index in [0.29, 0.717) is 5.69 Å². The van der Waals surface area contributed by atoms with Gasteiger partial charge >= 0.3 is 0 Å². The van der Waals surface area contributed by atoms with Crippen LogP contribution in [-0.2, 0) is 0 Å². The van der Waals surface area contributed by atoms with Gasteiger partial charge in [-0.2, -0.15) is 4.98 Å². The SMILES string of the molecule is NC(=O)c1nnc(N[C@@H]2C=CCC[C@@H]2N)nc1Nc1cnc2ccccc2c1. The third kappa shape index (κ3) is 3.74. The number of nitrogens with one attached hydrogen (secondary N) is 2. The molecule has 0 saturated heterocycles. The number of hydrogen-bond donors (Lipinski definition) is 4. The van der Waals surface area contributed by atoms with Gasteiger partial charge in [-0.15, -0.1) is 10.2 Å². The Hall–Kier alpha value is -3.59. The van der Waals surface area contributed by atoms with Crippen LogP contribution in [0.3, 0.4) is 0 Å². The number of pyridine rings is 1. The maximum atomic E-state index is 11.8. The lowest BCUT2D eigenvalue weighted by Gasteiger charge is -2.25. The quantitative estimate of drug-likeness (QED) is 0.493. The number of amides is 1. The van der Waals surface area contributed by atoms with E-state index in [-0.39, 0.29) is 29.5 Å². The van der Waals surface area contributed by atoms with Gasteiger partial charge in [0.05, 0.1) is 23.4 Å². The molecule has 1 amide bonds. The molecule has 0 saturated carbocycles. The lowest BCUT2D eigenvalue weighted by atomic mass is 9.98. The summed E-state index contributed by atoms with van der Waals surface area (Å²) in [4.78, 5) is 20.5. The Morgan fingerprint density at radius 2 is 2.07 bits per heavy atom. The van der Waals surface area contributed by atoms with Gasteiger partial charge in [0.2, 0.25) is 5.95 Å². The van der Waals surface area contributed by atoms with Crippen molar-refractivity contribution < 1.29 is 4.79 Å². The molecular formula is C19H20N8O. The van der Waals surface area contributed by atoms with Crippen molar-refractivity contribution in [2.75, 3.05) is 10.6 Å². The summed E-state index contributed by atoms with van der Waals surface area (Å²) in [5.41, 5.74) is 13.0. The summed E-state index contributed by atoms with van der Waals surface area (Å²) >= 11 is 0. The van der Waals surface area contributed by atoms with E-state index in [0.717, 1.165) is 23.7 Å². The molecular weight excluding hydrogens is 356 g/mol. The Labute approximate surface area is 161 Å². The molecule has 1 aromatic carbocycles. The molecule has 1 aliphatic rings. The summed E-state index contributed by atoms with van der Waals surface area (Å²) in [5.74, 6) is -0.263. The van der Waals surface area contributed by atoms with Crippen LogP contribution in [-0.4, -0.2) is 38.2 Å². The van der Waals surface area contributed by atoms with E-state index in [2.05, 4.69) is 36.9 Å². The average Bonchev–Trinajstić information content (AvgIpc) is 2.70. The lowest BCUT2D eigenvalue weighted by Crippen LogP contribution is -2.41. The Morgan fingerprint density at radius 1 is 1.21 bits per heavy atom. The van der Waals surface area contributed by atoms with E-state index in [1.807, 2.05) is 36.4 Å². The standard InChI is InChI=1S/C19H20N8O/c20-13-6-2-4-8-15(13)24-19-25-18(16(17(21)28)26-27-19)23-12-9-11-5-1-3-7-14(11)22-10-12/h1,3-5,7-10,13,15H,2,6,20H2,(H2,21,28)(H2,23,24,25,27)/t13-,15+/m0/s1. The second kappa shape index (κ2) is 7.57. The number of anilines is 3. The average molecular weight is 376 g/mol. The number of primary amides is 1. The molecule has 142 valence electrons. The number of carbonyl (C=O) groups excluding carboxylic acids is 1. The smallest absolute Gasteiger partial charge is 0.273 e. The van der Waals surface area contributed by atoms with E-state index >= 15 is 0 Å². The predicted octanol–water partition coefficient (Wildman–Crippen LogP) is 1.72. The Bertz CT molecular complexity index is 1050. The molecule has 1 aliphatic carbocycles. The van der Waals surface area contributed by atoms with Crippen LogP contribution in [0.2, 0.25) is 0 Å². The highest BCUT2D eigenvalue weighted by atomic mass is 16.1. The number of para-hydroxylation sites is 1. The van der Waals surface area contributed by atoms with E-state index < -0.39 is 5.91 Å². The van der Waals surface area contributed by atoms with Crippen molar-refractivity contribution in [2.45, 2.75) is 24.9 Å². The van der Waals surface area contributed by atoms with Crippen molar-refractivity contribution in [2.24, 2.45) is 11.5 Å². The molecule has 6 N–H and O–H groups in total. The molecule has 2 atom stereocenters. The zero-order valence-electron chi connectivity index (χ0n) is 15.0. The third-order valence-corrected chi connectivity index (χ3v) is 4.54. The molecule has 0 unspecified atom stereocenters. The molecule has 0 spiro atoms. The molecule has 0 aliphatic heterocycles. The minimum Gasteiger partial charge on any atom is -0.364 e. The van der Waals surface area contributed by atoms with Gasteiger partial charge in [-0.05, 0) is 25.0 Å². The molecule has 9 heteroatoms. The van der Waals surface area contributed by atoms with Crippen LogP contribution in [0.5, 0.6) is 0 Å². The van der Waals surface area contributed by atoms with Crippen molar-refractivity contribution >= 4 is 34.3 Å². The molecule has 3 aromatic rings. The molecule has 2 heterocycles. The fraction of sp³-hybridized carbons (Fsp3) is 0.211. The topological polar surface area (TPSA) is 145 Å². The van der Waals surface area contributed by atoms with Gasteiger partial charge < -0.3 is 22.1 Å². The summed E-state index contributed by atoms with van der Waals surface area (Å²) in [7, 11) is 0. The van der Waals surface area contributed by atoms with Gasteiger partial charge in [0.1, 0.15) is 0 Å². The number of aromatic nitrogens is 4. The van der Waals surface area contributed by atoms with E-state index in [1.54, 1.807) is 6.20 Å². The number of fused-ring (bicyclic) bond motifs is 1. The van der Waals surface area contributed by atoms with Gasteiger partial charge in [0, 0.05) is 11.4 Å². The maximum Gasteiger partial charge on any atom is 0.273 e. The first-order valence-corrected chi connectivity index (χ1v) is 8.95. The minimum atomic E-state index is -0.725. The van der Waals surface area contributed by atoms with Gasteiger partial charge in [-0.3, -0.25) is 9.78 Å². The molecule has 2 aromatic heterocycles. The summed E-state index contributed by atoms with van der Waals surface area (Å²) in [5, 5.41) is 15.1. The van der Waals surface area contributed by atoms with Crippen LogP contribution in [0.25, 0.3) is 10.9 Å². The van der Waals surface area contributed by atoms with Crippen molar-refractivity contribution in [1.82, 2.24) is 20.2 Å². The van der Waals surface area contributed by atoms with Gasteiger partial charge in [0.25, 0.3) is 5.91 Å². The highest BCUT2D eigenvalue weighted by Gasteiger charge is 2.20. The van der Waals surface area contributed by atoms with Gasteiger partial charge in [0.15, 0.2) is 11.5 Å². The first-order chi connectivity index (χ1) is 13.6. The lowest BCUT2D eigenvalue weighted by molar-refractivity contribution is 0.0995. The molecule has 0 fully saturated rings. The number of hydrogen-bond acceptors (Lipinski definition) is 8. The van der Waals surface area contributed by atoms with Gasteiger partial charge in [-0.1, -0.05) is 30.4 Å². The van der Waals surface area contributed by atoms with E-state index in [1.165, 1.54) is 0 Å². The molecule has 9 nitrogen and oxygen atoms in total. The molecule has 4 rings (SSSR count). The number of nitrogens with two attached hydrogens (primary N) is 2. The highest BCUT2D eigenvalue weighted by Crippen LogP contribution is 2.22. The Balaban J connectivity index is 1.64. The van der Waals surface area contributed by atoms with Crippen LogP contribution >= 0.6 is 0 Å². The molecule has 0 bridgehead atoms. The van der Waals surface area contributed by atoms with Crippen LogP contribution in [0.4, 0.5) is 17.5 Å². The van der Waals surface area contributed by atoms with Crippen molar-refractivity contribution in [3.8, 4) is 0 Å². The van der Waals surface area contributed by atoms with E-state index in [4.69, 9.17) is 11.5 Å². The summed E-state index contributed by atoms with van der Waals surface area (Å²) < 4.78 is 0. The highest BCUT2D eigenvalue weighted by molar-refractivity contribution is 5.96. The maximum absolute atomic E-state index is 11.8. The van der Waals surface area contributed by atoms with Crippen LogP contribution in [0, 0.1) is 0 Å². The number of allylic oxidation sites excluding steroid dienone is 1. The van der Waals surface area contributed by atoms with Crippen LogP contribution in [0.15, 0.2) is 48.7 Å². The van der Waals surface area contributed by atoms with Crippen LogP contribution < -0.4 is 22.1 Å². The zero-order valence-corrected chi connectivity index (χ0v) is 15.0. The van der Waals surface area contributed by atoms with Crippen molar-refractivity contribution in [3.05, 3.63) is 54.4 Å². The predicted molar refractivity (Wildman–Crippen MR) is 107 cm³/mol. The van der Waals surface area contributed by atoms with Crippen molar-refractivity contribution in [1.29, 1.82) is 0 Å². The second-order valence-corrected chi connectivity index (χ2v) is 6.58. The Kier molecular flexibility index (Phi) is 4.81. The van der Waals surface area contributed by atoms with Gasteiger partial charge in [-0.25, -0.2) is 0 Å². The number of nitrogens with zero attached hydrogens (tertiary/aromatic N) is 4. The third-order valence-electron chi connectivity index (χ3n) is 4.54. The minimum absolute atomic E-state index is 0.0505. The summed E-state index contributed by atoms with van der Waals surface area (Å²) in [6, 6.07) is 9.47. The fourth-order valence-corrected chi connectivity index (χ4v) is 3.07. The Morgan fingerprint density at radius 3 is 2.89 bits per heavy atom. The number of rotatable bonds is 5. The van der Waals surface area contributed by atoms with Crippen molar-refractivity contribution in [3.63, 3.8) is 0 Å². The zero-order chi connectivity index (χ0) is 19.5. The molecule has 28 heavy (non-hydrogen) atoms. The number of carbonyl (C=O) groups is 1.